The van der Waals surface area contributed by atoms with Crippen LogP contribution in [-0.4, -0.2) is 12.1 Å². The molecule has 2 nitrogen and oxygen atoms in total. The summed E-state index contributed by atoms with van der Waals surface area (Å²) in [6.07, 6.45) is 8.82. The molecule has 0 amide bonds. The average Bonchev–Trinajstić information content (AvgIpc) is 2.47. The lowest BCUT2D eigenvalue weighted by Gasteiger charge is -1.90. The lowest BCUT2D eigenvalue weighted by atomic mass is 10.3. The molecule has 1 aromatic heterocycles. The molecule has 0 saturated carbocycles. The minimum atomic E-state index is -3.67. The van der Waals surface area contributed by atoms with Gasteiger partial charge in [0.25, 0.3) is 0 Å². The molecule has 0 aromatic carbocycles. The molecular weight excluding hydrogens is 192 g/mol. The molecule has 0 aliphatic rings. The summed E-state index contributed by atoms with van der Waals surface area (Å²) in [5.41, 5.74) is 0. The van der Waals surface area contributed by atoms with Crippen molar-refractivity contribution in [1.29, 1.82) is 0 Å². The summed E-state index contributed by atoms with van der Waals surface area (Å²) >= 11 is 0. The zero-order valence-corrected chi connectivity index (χ0v) is 8.46. The molecule has 0 aliphatic heterocycles. The number of hydrogen-bond donors (Lipinski definition) is 0. The molecule has 1 aromatic rings. The minimum Gasteiger partial charge on any atom is -0.254 e. The van der Waals surface area contributed by atoms with E-state index in [4.69, 9.17) is 0 Å². The Bertz CT molecular complexity index is 237. The fourth-order valence-corrected chi connectivity index (χ4v) is 0.975. The Morgan fingerprint density at radius 2 is 1.93 bits per heavy atom. The molecule has 0 N–H and O–H groups in total. The van der Waals surface area contributed by atoms with Crippen LogP contribution >= 0.6 is 0 Å². The zero-order valence-electron chi connectivity index (χ0n) is 8.46. The summed E-state index contributed by atoms with van der Waals surface area (Å²) in [4.78, 5) is 0. The Balaban J connectivity index is 0.000000364. The van der Waals surface area contributed by atoms with E-state index >= 15 is 0 Å². The van der Waals surface area contributed by atoms with Crippen LogP contribution in [0.3, 0.4) is 0 Å². The maximum atomic E-state index is 9.67. The first-order valence-corrected chi connectivity index (χ1v) is 4.49. The van der Waals surface area contributed by atoms with E-state index in [9.17, 15) is 12.9 Å². The second kappa shape index (κ2) is 7.47. The second-order valence-corrected chi connectivity index (χ2v) is 2.92. The molecule has 14 heavy (non-hydrogen) atoms. The van der Waals surface area contributed by atoms with E-state index in [1.165, 1.54) is 12.8 Å². The van der Waals surface area contributed by atoms with Gasteiger partial charge < -0.3 is 0 Å². The predicted octanol–water partition coefficient (Wildman–Crippen LogP) is 1.99. The molecule has 0 atom stereocenters. The molecule has 80 valence electrons. The van der Waals surface area contributed by atoms with E-state index < -0.39 is 7.54 Å². The molecule has 0 unspecified atom stereocenters. The topological polar surface area (TPSA) is 8.81 Å². The summed E-state index contributed by atoms with van der Waals surface area (Å²) in [6.45, 7) is 3.36. The van der Waals surface area contributed by atoms with E-state index in [1.807, 2.05) is 7.05 Å². The third kappa shape index (κ3) is 7.70. The fraction of sp³-hybridized carbons (Fsp3) is 0.625. The summed E-state index contributed by atoms with van der Waals surface area (Å²) in [5.74, 6) is 0. The van der Waals surface area contributed by atoms with Crippen LogP contribution in [0.15, 0.2) is 18.7 Å². The number of hydrogen-bond acceptors (Lipinski definition) is 0. The number of imidazole rings is 1. The molecule has 1 heterocycles. The quantitative estimate of drug-likeness (QED) is 0.529. The fourth-order valence-electron chi connectivity index (χ4n) is 0.975. The smallest absolute Gasteiger partial charge is 0.254 e. The maximum Gasteiger partial charge on any atom is 0.762 e. The molecule has 0 radical (unpaired) electrons. The summed E-state index contributed by atoms with van der Waals surface area (Å²) in [5, 5.41) is 0. The average molecular weight is 207 g/mol. The number of nitrogens with zero attached hydrogens (tertiary/aromatic N) is 2. The van der Waals surface area contributed by atoms with Gasteiger partial charge in [-0.05, 0) is 6.42 Å². The van der Waals surface area contributed by atoms with Crippen molar-refractivity contribution in [2.75, 3.05) is 0 Å². The van der Waals surface area contributed by atoms with Gasteiger partial charge >= 0.3 is 7.54 Å². The van der Waals surface area contributed by atoms with Crippen LogP contribution in [-0.2, 0) is 13.6 Å². The summed E-state index contributed by atoms with van der Waals surface area (Å²) in [7, 11) is -1.62. The van der Waals surface area contributed by atoms with Crippen LogP contribution in [0.25, 0.3) is 0 Å². The Morgan fingerprint density at radius 3 is 2.29 bits per heavy atom. The Morgan fingerprint density at radius 1 is 1.36 bits per heavy atom. The highest BCUT2D eigenvalue weighted by atomic mass is 19.4. The number of unbranched alkanes of at least 4 members (excludes halogenated alkanes) is 1. The van der Waals surface area contributed by atoms with Crippen molar-refractivity contribution in [3.8, 4) is 0 Å². The maximum absolute atomic E-state index is 9.67. The molecule has 0 spiro atoms. The Kier molecular flexibility index (Phi) is 6.97. The Hall–Kier alpha value is -0.935. The first kappa shape index (κ1) is 13.1. The second-order valence-electron chi connectivity index (χ2n) is 2.92. The van der Waals surface area contributed by atoms with Gasteiger partial charge in [0.15, 0.2) is 0 Å². The van der Waals surface area contributed by atoms with Crippen molar-refractivity contribution in [3.63, 3.8) is 0 Å². The lowest BCUT2D eigenvalue weighted by molar-refractivity contribution is -0.671. The standard InChI is InChI=1S/C8H15N2.BF3/c1-3-4-5-10-7-6-9(2)8-10;2-1(3)4/h6-8H,3-5H2,1-2H3;/q+1;. The van der Waals surface area contributed by atoms with Gasteiger partial charge in [0, 0.05) is 0 Å². The first-order chi connectivity index (χ1) is 6.56. The van der Waals surface area contributed by atoms with Crippen molar-refractivity contribution < 1.29 is 17.5 Å². The highest BCUT2D eigenvalue weighted by Crippen LogP contribution is 1.91. The van der Waals surface area contributed by atoms with E-state index in [1.54, 1.807) is 0 Å². The number of aryl methyl sites for hydroxylation is 2. The van der Waals surface area contributed by atoms with Crippen LogP contribution in [0.4, 0.5) is 12.9 Å². The lowest BCUT2D eigenvalue weighted by Crippen LogP contribution is -2.23. The van der Waals surface area contributed by atoms with Gasteiger partial charge in [-0.2, -0.15) is 0 Å². The van der Waals surface area contributed by atoms with E-state index in [0.717, 1.165) is 6.54 Å². The van der Waals surface area contributed by atoms with Crippen molar-refractivity contribution in [2.24, 2.45) is 7.05 Å². The molecule has 1 rings (SSSR count). The van der Waals surface area contributed by atoms with Gasteiger partial charge in [-0.25, -0.2) is 9.13 Å². The van der Waals surface area contributed by atoms with Crippen LogP contribution in [0.1, 0.15) is 19.8 Å². The zero-order chi connectivity index (χ0) is 11.0. The normalized spacial score (nSPS) is 9.21. The highest BCUT2D eigenvalue weighted by molar-refractivity contribution is 6.33. The van der Waals surface area contributed by atoms with E-state index in [0.29, 0.717) is 0 Å². The van der Waals surface area contributed by atoms with Crippen LogP contribution in [0.2, 0.25) is 0 Å². The van der Waals surface area contributed by atoms with Gasteiger partial charge in [-0.3, -0.25) is 12.9 Å². The summed E-state index contributed by atoms with van der Waals surface area (Å²) in [6, 6.07) is 0. The van der Waals surface area contributed by atoms with Crippen molar-refractivity contribution >= 4 is 7.54 Å². The summed E-state index contributed by atoms with van der Waals surface area (Å²) < 4.78 is 33.3. The SMILES string of the molecule is CCCCn1cc[n+](C)c1.FB(F)F. The molecular formula is C8H15BF3N2+. The molecule has 0 aliphatic carbocycles. The van der Waals surface area contributed by atoms with E-state index in [2.05, 4.69) is 34.8 Å². The van der Waals surface area contributed by atoms with Crippen molar-refractivity contribution in [2.45, 2.75) is 26.3 Å². The molecule has 6 heteroatoms. The van der Waals surface area contributed by atoms with Crippen LogP contribution in [0.5, 0.6) is 0 Å². The first-order valence-electron chi connectivity index (χ1n) is 4.49. The molecule has 0 fully saturated rings. The largest absolute Gasteiger partial charge is 0.762 e. The molecule has 0 bridgehead atoms. The van der Waals surface area contributed by atoms with Gasteiger partial charge in [-0.1, -0.05) is 13.3 Å². The van der Waals surface area contributed by atoms with Gasteiger partial charge in [0.2, 0.25) is 6.33 Å². The van der Waals surface area contributed by atoms with E-state index in [-0.39, 0.29) is 0 Å². The van der Waals surface area contributed by atoms with Gasteiger partial charge in [0.05, 0.1) is 13.6 Å². The predicted molar refractivity (Wildman–Crippen MR) is 49.6 cm³/mol. The number of halogens is 3. The highest BCUT2D eigenvalue weighted by Gasteiger charge is 2.06. The monoisotopic (exact) mass is 207 g/mol. The van der Waals surface area contributed by atoms with Crippen molar-refractivity contribution in [1.82, 2.24) is 4.57 Å². The minimum absolute atomic E-state index is 1.15. The third-order valence-corrected chi connectivity index (χ3v) is 1.59. The number of rotatable bonds is 3. The van der Waals surface area contributed by atoms with Gasteiger partial charge in [0.1, 0.15) is 12.4 Å². The van der Waals surface area contributed by atoms with Gasteiger partial charge in [-0.15, -0.1) is 0 Å². The van der Waals surface area contributed by atoms with Crippen molar-refractivity contribution in [3.05, 3.63) is 18.7 Å². The molecule has 0 saturated heterocycles. The Labute approximate surface area is 82.6 Å². The van der Waals surface area contributed by atoms with Crippen LogP contribution < -0.4 is 4.57 Å². The van der Waals surface area contributed by atoms with Crippen LogP contribution in [0, 0.1) is 0 Å². The number of aromatic nitrogens is 2. The third-order valence-electron chi connectivity index (χ3n) is 1.59.